The van der Waals surface area contributed by atoms with Crippen LogP contribution in [0.15, 0.2) is 18.2 Å². The zero-order valence-corrected chi connectivity index (χ0v) is 7.14. The van der Waals surface area contributed by atoms with Crippen LogP contribution < -0.4 is 0 Å². The highest BCUT2D eigenvalue weighted by Gasteiger charge is 2.06. The molecule has 0 nitrogen and oxygen atoms in total. The van der Waals surface area contributed by atoms with Crippen LogP contribution in [-0.2, 0) is 0 Å². The summed E-state index contributed by atoms with van der Waals surface area (Å²) in [4.78, 5) is 0. The molecule has 1 radical (unpaired) electrons. The Morgan fingerprint density at radius 3 is 1.83 bits per heavy atom. The number of halogens is 2. The van der Waals surface area contributed by atoms with E-state index < -0.39 is 12.3 Å². The lowest BCUT2D eigenvalue weighted by atomic mass is 10.1. The van der Waals surface area contributed by atoms with Crippen LogP contribution in [0.3, 0.4) is 0 Å². The third kappa shape index (κ3) is 2.03. The van der Waals surface area contributed by atoms with Crippen molar-refractivity contribution in [3.05, 3.63) is 35.4 Å². The number of benzene rings is 1. The van der Waals surface area contributed by atoms with E-state index in [1.165, 1.54) is 32.0 Å². The third-order valence-electron chi connectivity index (χ3n) is 1.75. The molecule has 0 fully saturated rings. The maximum absolute atomic E-state index is 12.7. The largest absolute Gasteiger partial charge is 0.243 e. The molecule has 0 bridgehead atoms. The Labute approximate surface area is 71.2 Å². The number of hydrogen-bond donors (Lipinski definition) is 0. The van der Waals surface area contributed by atoms with Gasteiger partial charge >= 0.3 is 0 Å². The highest BCUT2D eigenvalue weighted by molar-refractivity contribution is 5.25. The molecule has 0 aromatic heterocycles. The molecule has 0 aliphatic rings. The van der Waals surface area contributed by atoms with Crippen LogP contribution in [0.4, 0.5) is 8.78 Å². The van der Waals surface area contributed by atoms with Crippen LogP contribution in [0.1, 0.15) is 37.3 Å². The molecule has 0 N–H and O–H groups in total. The van der Waals surface area contributed by atoms with E-state index in [0.29, 0.717) is 11.1 Å². The maximum Gasteiger partial charge on any atom is 0.122 e. The Morgan fingerprint density at radius 1 is 1.08 bits per heavy atom. The van der Waals surface area contributed by atoms with Gasteiger partial charge in [0, 0.05) is 0 Å². The molecule has 0 spiro atoms. The molecule has 0 aliphatic carbocycles. The normalized spacial score (nSPS) is 15.7. The number of hydrogen-bond acceptors (Lipinski definition) is 0. The quantitative estimate of drug-likeness (QED) is 0.635. The van der Waals surface area contributed by atoms with Crippen LogP contribution >= 0.6 is 0 Å². The van der Waals surface area contributed by atoms with Gasteiger partial charge in [0.1, 0.15) is 12.3 Å². The average molecular weight is 169 g/mol. The highest BCUT2D eigenvalue weighted by atomic mass is 19.1. The molecule has 0 aliphatic heterocycles. The predicted molar refractivity (Wildman–Crippen MR) is 44.3 cm³/mol. The van der Waals surface area contributed by atoms with Crippen LogP contribution in [0.5, 0.6) is 0 Å². The van der Waals surface area contributed by atoms with Crippen molar-refractivity contribution in [2.75, 3.05) is 0 Å². The van der Waals surface area contributed by atoms with Gasteiger partial charge in [0.25, 0.3) is 0 Å². The van der Waals surface area contributed by atoms with Crippen LogP contribution in [-0.4, -0.2) is 0 Å². The molecule has 2 unspecified atom stereocenters. The molecule has 12 heavy (non-hydrogen) atoms. The standard InChI is InChI=1S/C10H11F2/c1-7(11)9-4-3-5-10(6-9)8(2)12/h4-8H,1-2H3. The van der Waals surface area contributed by atoms with Crippen molar-refractivity contribution in [2.45, 2.75) is 26.2 Å². The summed E-state index contributed by atoms with van der Waals surface area (Å²) in [7, 11) is 0. The first kappa shape index (κ1) is 9.17. The van der Waals surface area contributed by atoms with Gasteiger partial charge in [-0.2, -0.15) is 0 Å². The molecule has 1 aromatic carbocycles. The molecule has 0 heterocycles. The monoisotopic (exact) mass is 169 g/mol. The molecule has 0 saturated carbocycles. The van der Waals surface area contributed by atoms with Crippen molar-refractivity contribution in [1.82, 2.24) is 0 Å². The number of alkyl halides is 2. The predicted octanol–water partition coefficient (Wildman–Crippen LogP) is 3.55. The maximum atomic E-state index is 12.7. The van der Waals surface area contributed by atoms with E-state index in [1.807, 2.05) is 0 Å². The van der Waals surface area contributed by atoms with Gasteiger partial charge in [-0.15, -0.1) is 0 Å². The minimum Gasteiger partial charge on any atom is -0.243 e. The van der Waals surface area contributed by atoms with Gasteiger partial charge in [-0.25, -0.2) is 8.78 Å². The first-order valence-corrected chi connectivity index (χ1v) is 3.90. The second-order valence-electron chi connectivity index (χ2n) is 2.83. The molecule has 2 atom stereocenters. The van der Waals surface area contributed by atoms with E-state index in [0.717, 1.165) is 0 Å². The minimum atomic E-state index is -1.06. The van der Waals surface area contributed by atoms with Crippen molar-refractivity contribution in [3.8, 4) is 0 Å². The first-order valence-electron chi connectivity index (χ1n) is 3.90. The second kappa shape index (κ2) is 3.65. The van der Waals surface area contributed by atoms with Gasteiger partial charge in [0.05, 0.1) is 0 Å². The van der Waals surface area contributed by atoms with Crippen molar-refractivity contribution in [2.24, 2.45) is 0 Å². The summed E-state index contributed by atoms with van der Waals surface area (Å²) in [6.45, 7) is 2.85. The molecule has 1 rings (SSSR count). The van der Waals surface area contributed by atoms with Gasteiger partial charge in [-0.3, -0.25) is 0 Å². The summed E-state index contributed by atoms with van der Waals surface area (Å²) < 4.78 is 25.5. The Hall–Kier alpha value is -0.920. The SMILES string of the molecule is CC(F)c1c[c]cc(C(C)F)c1. The van der Waals surface area contributed by atoms with Gasteiger partial charge < -0.3 is 0 Å². The van der Waals surface area contributed by atoms with Gasteiger partial charge in [-0.1, -0.05) is 0 Å². The van der Waals surface area contributed by atoms with E-state index in [9.17, 15) is 8.78 Å². The van der Waals surface area contributed by atoms with Crippen LogP contribution in [0, 0.1) is 6.07 Å². The zero-order chi connectivity index (χ0) is 9.14. The average Bonchev–Trinajstić information content (AvgIpc) is 2.04. The lowest BCUT2D eigenvalue weighted by molar-refractivity contribution is 0.364. The third-order valence-corrected chi connectivity index (χ3v) is 1.75. The molecular weight excluding hydrogens is 158 g/mol. The molecule has 65 valence electrons. The summed E-state index contributed by atoms with van der Waals surface area (Å²) in [5, 5.41) is 0. The minimum absolute atomic E-state index is 0.483. The van der Waals surface area contributed by atoms with Crippen LogP contribution in [0.25, 0.3) is 0 Å². The van der Waals surface area contributed by atoms with E-state index >= 15 is 0 Å². The fourth-order valence-corrected chi connectivity index (χ4v) is 0.969. The molecule has 2 heteroatoms. The Morgan fingerprint density at radius 2 is 1.50 bits per heavy atom. The Bertz CT molecular complexity index is 231. The Balaban J connectivity index is 2.96. The number of rotatable bonds is 2. The van der Waals surface area contributed by atoms with Crippen molar-refractivity contribution < 1.29 is 8.78 Å². The van der Waals surface area contributed by atoms with Gasteiger partial charge in [-0.05, 0) is 49.2 Å². The smallest absolute Gasteiger partial charge is 0.122 e. The summed E-state index contributed by atoms with van der Waals surface area (Å²) in [5.74, 6) is 0. The van der Waals surface area contributed by atoms with Crippen molar-refractivity contribution >= 4 is 0 Å². The molecule has 0 amide bonds. The van der Waals surface area contributed by atoms with E-state index in [4.69, 9.17) is 0 Å². The summed E-state index contributed by atoms with van der Waals surface area (Å²) in [6, 6.07) is 7.32. The molecular formula is C10H11F2. The lowest BCUT2D eigenvalue weighted by Crippen LogP contribution is -1.90. The summed E-state index contributed by atoms with van der Waals surface area (Å²) in [5.41, 5.74) is 0.967. The molecule has 1 aromatic rings. The second-order valence-corrected chi connectivity index (χ2v) is 2.83. The fraction of sp³-hybridized carbons (Fsp3) is 0.400. The Kier molecular flexibility index (Phi) is 2.79. The molecule has 0 saturated heterocycles. The summed E-state index contributed by atoms with van der Waals surface area (Å²) >= 11 is 0. The lowest BCUT2D eigenvalue weighted by Gasteiger charge is -2.05. The topological polar surface area (TPSA) is 0 Å². The van der Waals surface area contributed by atoms with Gasteiger partial charge in [0.15, 0.2) is 0 Å². The van der Waals surface area contributed by atoms with E-state index in [-0.39, 0.29) is 0 Å². The zero-order valence-electron chi connectivity index (χ0n) is 7.14. The van der Waals surface area contributed by atoms with Crippen molar-refractivity contribution in [3.63, 3.8) is 0 Å². The van der Waals surface area contributed by atoms with Crippen LogP contribution in [0.2, 0.25) is 0 Å². The highest BCUT2D eigenvalue weighted by Crippen LogP contribution is 2.22. The van der Waals surface area contributed by atoms with E-state index in [2.05, 4.69) is 6.07 Å². The first-order chi connectivity index (χ1) is 5.61. The van der Waals surface area contributed by atoms with Gasteiger partial charge in [0.2, 0.25) is 0 Å². The fourth-order valence-electron chi connectivity index (χ4n) is 0.969. The summed E-state index contributed by atoms with van der Waals surface area (Å²) in [6.07, 6.45) is -2.11. The van der Waals surface area contributed by atoms with E-state index in [1.54, 1.807) is 0 Å². The van der Waals surface area contributed by atoms with Crippen molar-refractivity contribution in [1.29, 1.82) is 0 Å².